The zero-order valence-electron chi connectivity index (χ0n) is 16.2. The Kier molecular flexibility index (Phi) is 5.68. The maximum Gasteiger partial charge on any atom is 0.233 e. The zero-order chi connectivity index (χ0) is 19.9. The largest absolute Gasteiger partial charge is 0.338 e. The summed E-state index contributed by atoms with van der Waals surface area (Å²) < 4.78 is 23.8. The minimum absolute atomic E-state index is 0.000521. The van der Waals surface area contributed by atoms with Crippen molar-refractivity contribution in [2.24, 2.45) is 5.92 Å². The van der Waals surface area contributed by atoms with E-state index < -0.39 is 9.84 Å². The van der Waals surface area contributed by atoms with Gasteiger partial charge in [0.2, 0.25) is 5.91 Å². The molecule has 1 atom stereocenters. The third-order valence-electron chi connectivity index (χ3n) is 5.33. The van der Waals surface area contributed by atoms with E-state index in [-0.39, 0.29) is 29.2 Å². The molecule has 152 valence electrons. The lowest BCUT2D eigenvalue weighted by Crippen LogP contribution is -2.44. The van der Waals surface area contributed by atoms with E-state index in [1.54, 1.807) is 22.6 Å². The van der Waals surface area contributed by atoms with Crippen molar-refractivity contribution in [3.63, 3.8) is 0 Å². The maximum atomic E-state index is 13.0. The van der Waals surface area contributed by atoms with Gasteiger partial charge in [-0.2, -0.15) is 0 Å². The molecule has 1 aliphatic carbocycles. The van der Waals surface area contributed by atoms with E-state index in [1.165, 1.54) is 28.6 Å². The minimum atomic E-state index is -3.02. The molecule has 0 bridgehead atoms. The van der Waals surface area contributed by atoms with E-state index in [9.17, 15) is 13.2 Å². The van der Waals surface area contributed by atoms with Crippen LogP contribution in [0.25, 0.3) is 10.2 Å². The SMILES string of the molecule is CC(C)CN(C(=O)CSc1ncnc2sc3c(c12)CCC3)C1CCS(=O)(=O)C1. The molecule has 1 amide bonds. The molecule has 0 radical (unpaired) electrons. The van der Waals surface area contributed by atoms with Crippen molar-refractivity contribution in [1.29, 1.82) is 0 Å². The number of aromatic nitrogens is 2. The second-order valence-electron chi connectivity index (χ2n) is 8.00. The summed E-state index contributed by atoms with van der Waals surface area (Å²) in [5.41, 5.74) is 1.36. The van der Waals surface area contributed by atoms with Gasteiger partial charge in [-0.05, 0) is 37.2 Å². The second kappa shape index (κ2) is 7.91. The van der Waals surface area contributed by atoms with Crippen LogP contribution in [-0.2, 0) is 27.5 Å². The number of sulfone groups is 1. The van der Waals surface area contributed by atoms with E-state index >= 15 is 0 Å². The van der Waals surface area contributed by atoms with Gasteiger partial charge >= 0.3 is 0 Å². The Morgan fingerprint density at radius 2 is 2.18 bits per heavy atom. The quantitative estimate of drug-likeness (QED) is 0.509. The number of carbonyl (C=O) groups excluding carboxylic acids is 1. The van der Waals surface area contributed by atoms with Gasteiger partial charge in [0.15, 0.2) is 9.84 Å². The van der Waals surface area contributed by atoms with Gasteiger partial charge in [-0.15, -0.1) is 11.3 Å². The Morgan fingerprint density at radius 1 is 1.36 bits per heavy atom. The van der Waals surface area contributed by atoms with Gasteiger partial charge in [-0.3, -0.25) is 4.79 Å². The van der Waals surface area contributed by atoms with Crippen LogP contribution in [0, 0.1) is 5.92 Å². The number of thiophene rings is 1. The molecule has 1 aliphatic heterocycles. The molecule has 1 saturated heterocycles. The molecule has 1 unspecified atom stereocenters. The number of amides is 1. The topological polar surface area (TPSA) is 80.2 Å². The Labute approximate surface area is 174 Å². The van der Waals surface area contributed by atoms with Crippen LogP contribution in [0.1, 0.15) is 37.1 Å². The molecule has 0 aromatic carbocycles. The molecule has 4 rings (SSSR count). The number of fused-ring (bicyclic) bond motifs is 3. The van der Waals surface area contributed by atoms with Crippen molar-refractivity contribution < 1.29 is 13.2 Å². The third kappa shape index (κ3) is 4.07. The van der Waals surface area contributed by atoms with Crippen LogP contribution in [0.4, 0.5) is 0 Å². The molecule has 2 aliphatic rings. The van der Waals surface area contributed by atoms with Gasteiger partial charge in [0.1, 0.15) is 16.2 Å². The summed E-state index contributed by atoms with van der Waals surface area (Å²) in [6.07, 6.45) is 5.46. The van der Waals surface area contributed by atoms with E-state index in [4.69, 9.17) is 0 Å². The van der Waals surface area contributed by atoms with Crippen molar-refractivity contribution in [2.45, 2.75) is 50.6 Å². The number of aryl methyl sites for hydroxylation is 2. The van der Waals surface area contributed by atoms with Crippen LogP contribution in [-0.4, -0.2) is 59.0 Å². The van der Waals surface area contributed by atoms with Crippen LogP contribution in [0.2, 0.25) is 0 Å². The lowest BCUT2D eigenvalue weighted by molar-refractivity contribution is -0.130. The van der Waals surface area contributed by atoms with Gasteiger partial charge in [-0.25, -0.2) is 18.4 Å². The smallest absolute Gasteiger partial charge is 0.233 e. The summed E-state index contributed by atoms with van der Waals surface area (Å²) in [6.45, 7) is 4.70. The summed E-state index contributed by atoms with van der Waals surface area (Å²) in [5.74, 6) is 0.842. The Bertz CT molecular complexity index is 1000. The molecular weight excluding hydrogens is 414 g/mol. The number of nitrogens with zero attached hydrogens (tertiary/aromatic N) is 3. The summed E-state index contributed by atoms with van der Waals surface area (Å²) in [6, 6.07) is -0.198. The summed E-state index contributed by atoms with van der Waals surface area (Å²) >= 11 is 3.20. The van der Waals surface area contributed by atoms with Crippen molar-refractivity contribution in [3.05, 3.63) is 16.8 Å². The fraction of sp³-hybridized carbons (Fsp3) is 0.632. The van der Waals surface area contributed by atoms with Crippen LogP contribution in [0.15, 0.2) is 11.4 Å². The average Bonchev–Trinajstić information content (AvgIpc) is 3.31. The fourth-order valence-corrected chi connectivity index (χ4v) is 8.03. The van der Waals surface area contributed by atoms with Crippen molar-refractivity contribution in [1.82, 2.24) is 14.9 Å². The highest BCUT2D eigenvalue weighted by molar-refractivity contribution is 8.00. The predicted molar refractivity (Wildman–Crippen MR) is 114 cm³/mol. The van der Waals surface area contributed by atoms with Gasteiger partial charge in [0, 0.05) is 22.8 Å². The molecule has 28 heavy (non-hydrogen) atoms. The molecule has 1 fully saturated rings. The monoisotopic (exact) mass is 439 g/mol. The first kappa shape index (κ1) is 20.1. The second-order valence-corrected chi connectivity index (χ2v) is 12.3. The van der Waals surface area contributed by atoms with Gasteiger partial charge < -0.3 is 4.90 Å². The van der Waals surface area contributed by atoms with Crippen molar-refractivity contribution in [3.8, 4) is 0 Å². The van der Waals surface area contributed by atoms with Gasteiger partial charge in [-0.1, -0.05) is 25.6 Å². The number of thioether (sulfide) groups is 1. The summed E-state index contributed by atoms with van der Waals surface area (Å²) in [5, 5.41) is 2.00. The first-order valence-electron chi connectivity index (χ1n) is 9.72. The van der Waals surface area contributed by atoms with Crippen LogP contribution >= 0.6 is 23.1 Å². The average molecular weight is 440 g/mol. The van der Waals surface area contributed by atoms with E-state index in [2.05, 4.69) is 23.8 Å². The van der Waals surface area contributed by atoms with Crippen LogP contribution < -0.4 is 0 Å². The minimum Gasteiger partial charge on any atom is -0.338 e. The summed E-state index contributed by atoms with van der Waals surface area (Å²) in [7, 11) is -3.02. The fourth-order valence-electron chi connectivity index (χ4n) is 4.09. The Morgan fingerprint density at radius 3 is 2.89 bits per heavy atom. The first-order valence-corrected chi connectivity index (χ1v) is 13.3. The maximum absolute atomic E-state index is 13.0. The molecular formula is C19H25N3O3S3. The van der Waals surface area contributed by atoms with E-state index in [1.807, 2.05) is 0 Å². The molecule has 2 aromatic heterocycles. The molecule has 0 spiro atoms. The third-order valence-corrected chi connectivity index (χ3v) is 9.25. The lowest BCUT2D eigenvalue weighted by atomic mass is 10.1. The predicted octanol–water partition coefficient (Wildman–Crippen LogP) is 2.94. The summed E-state index contributed by atoms with van der Waals surface area (Å²) in [4.78, 5) is 26.1. The normalized spacial score (nSPS) is 20.8. The molecule has 0 N–H and O–H groups in total. The molecule has 9 heteroatoms. The highest BCUT2D eigenvalue weighted by Crippen LogP contribution is 2.40. The van der Waals surface area contributed by atoms with Crippen LogP contribution in [0.5, 0.6) is 0 Å². The van der Waals surface area contributed by atoms with Gasteiger partial charge in [0.05, 0.1) is 17.3 Å². The standard InChI is InChI=1S/C19H25N3O3S3/c1-12(2)8-22(13-6-7-28(24,25)10-13)16(23)9-26-18-17-14-4-3-5-15(14)27-19(17)21-11-20-18/h11-13H,3-10H2,1-2H3. The molecule has 6 nitrogen and oxygen atoms in total. The van der Waals surface area contributed by atoms with E-state index in [0.717, 1.165) is 28.1 Å². The molecule has 3 heterocycles. The molecule has 2 aromatic rings. The van der Waals surface area contributed by atoms with Gasteiger partial charge in [0.25, 0.3) is 0 Å². The zero-order valence-corrected chi connectivity index (χ0v) is 18.6. The van der Waals surface area contributed by atoms with Crippen molar-refractivity contribution in [2.75, 3.05) is 23.8 Å². The van der Waals surface area contributed by atoms with Crippen molar-refractivity contribution >= 4 is 49.1 Å². The first-order chi connectivity index (χ1) is 13.3. The van der Waals surface area contributed by atoms with Crippen LogP contribution in [0.3, 0.4) is 0 Å². The molecule has 0 saturated carbocycles. The Balaban J connectivity index is 1.52. The number of hydrogen-bond donors (Lipinski definition) is 0. The number of hydrogen-bond acceptors (Lipinski definition) is 7. The van der Waals surface area contributed by atoms with E-state index in [0.29, 0.717) is 18.9 Å². The lowest BCUT2D eigenvalue weighted by Gasteiger charge is -2.30. The number of rotatable bonds is 6. The highest BCUT2D eigenvalue weighted by atomic mass is 32.2. The Hall–Kier alpha value is -1.19. The highest BCUT2D eigenvalue weighted by Gasteiger charge is 2.35. The number of carbonyl (C=O) groups is 1.